The van der Waals surface area contributed by atoms with Crippen molar-refractivity contribution in [3.8, 4) is 0 Å². The maximum Gasteiger partial charge on any atom is 0.309 e. The molecule has 6 unspecified atom stereocenters. The summed E-state index contributed by atoms with van der Waals surface area (Å²) in [4.78, 5) is 23.7. The first-order chi connectivity index (χ1) is 10.6. The number of carbonyl (C=O) groups is 1. The molecule has 0 spiro atoms. The normalized spacial score (nSPS) is 37.5. The molecule has 128 valence electrons. The van der Waals surface area contributed by atoms with Crippen LogP contribution in [0.4, 0.5) is 0 Å². The van der Waals surface area contributed by atoms with E-state index in [9.17, 15) is 9.59 Å². The maximum atomic E-state index is 11.9. The van der Waals surface area contributed by atoms with Crippen molar-refractivity contribution in [3.63, 3.8) is 0 Å². The van der Waals surface area contributed by atoms with Crippen LogP contribution >= 0.6 is 0 Å². The third-order valence-electron chi connectivity index (χ3n) is 6.94. The monoisotopic (exact) mass is 320 g/mol. The fourth-order valence-electron chi connectivity index (χ4n) is 4.92. The lowest BCUT2D eigenvalue weighted by molar-refractivity contribution is -0.147. The van der Waals surface area contributed by atoms with Gasteiger partial charge in [0, 0.05) is 17.3 Å². The molecule has 0 radical (unpaired) electrons. The molecule has 2 bridgehead atoms. The van der Waals surface area contributed by atoms with Crippen molar-refractivity contribution >= 4 is 11.9 Å². The Bertz CT molecular complexity index is 566. The highest BCUT2D eigenvalue weighted by Crippen LogP contribution is 2.57. The molecule has 1 saturated heterocycles. The molecule has 3 fully saturated rings. The first kappa shape index (κ1) is 16.6. The van der Waals surface area contributed by atoms with Gasteiger partial charge in [-0.3, -0.25) is 4.79 Å². The van der Waals surface area contributed by atoms with Crippen LogP contribution in [0.15, 0.2) is 5.76 Å². The topological polar surface area (TPSA) is 52.6 Å². The Morgan fingerprint density at radius 2 is 1.91 bits per heavy atom. The number of allylic oxidation sites excluding steroid dienone is 1. The van der Waals surface area contributed by atoms with Crippen LogP contribution in [0.5, 0.6) is 0 Å². The third kappa shape index (κ3) is 2.18. The van der Waals surface area contributed by atoms with Gasteiger partial charge in [0.15, 0.2) is 11.7 Å². The van der Waals surface area contributed by atoms with Crippen molar-refractivity contribution in [2.45, 2.75) is 66.6 Å². The molecule has 23 heavy (non-hydrogen) atoms. The van der Waals surface area contributed by atoms with Crippen LogP contribution in [0.3, 0.4) is 0 Å². The van der Waals surface area contributed by atoms with Gasteiger partial charge in [0.1, 0.15) is 12.2 Å². The van der Waals surface area contributed by atoms with Gasteiger partial charge >= 0.3 is 5.97 Å². The summed E-state index contributed by atoms with van der Waals surface area (Å²) in [5.41, 5.74) is -0.557. The maximum absolute atomic E-state index is 11.9. The van der Waals surface area contributed by atoms with Crippen LogP contribution in [-0.2, 0) is 19.1 Å². The number of rotatable bonds is 4. The van der Waals surface area contributed by atoms with Crippen LogP contribution < -0.4 is 0 Å². The van der Waals surface area contributed by atoms with Gasteiger partial charge in [-0.05, 0) is 24.2 Å². The lowest BCUT2D eigenvalue weighted by Crippen LogP contribution is -2.44. The second-order valence-corrected chi connectivity index (χ2v) is 9.02. The van der Waals surface area contributed by atoms with Gasteiger partial charge in [0.25, 0.3) is 0 Å². The summed E-state index contributed by atoms with van der Waals surface area (Å²) in [6.45, 7) is 12.7. The fraction of sp³-hybridized carbons (Fsp3) is 0.842. The highest BCUT2D eigenvalue weighted by atomic mass is 16.6. The van der Waals surface area contributed by atoms with Gasteiger partial charge in [-0.25, -0.2) is 4.79 Å². The number of hydrogen-bond acceptors (Lipinski definition) is 4. The van der Waals surface area contributed by atoms with Crippen molar-refractivity contribution in [1.29, 1.82) is 0 Å². The van der Waals surface area contributed by atoms with Crippen LogP contribution in [0, 0.1) is 34.5 Å². The second kappa shape index (κ2) is 5.11. The molecule has 0 aromatic rings. The lowest BCUT2D eigenvalue weighted by Gasteiger charge is -2.46. The van der Waals surface area contributed by atoms with Gasteiger partial charge in [0.2, 0.25) is 0 Å². The van der Waals surface area contributed by atoms with Crippen molar-refractivity contribution in [1.82, 2.24) is 0 Å². The van der Waals surface area contributed by atoms with E-state index < -0.39 is 5.41 Å². The average molecular weight is 320 g/mol. The first-order valence-electron chi connectivity index (χ1n) is 8.74. The molecule has 1 heterocycles. The minimum Gasteiger partial charge on any atom is -0.479 e. The molecule has 6 atom stereocenters. The second-order valence-electron chi connectivity index (χ2n) is 9.02. The Hall–Kier alpha value is -1.28. The number of ether oxygens (including phenoxy) is 2. The van der Waals surface area contributed by atoms with E-state index in [1.165, 1.54) is 0 Å². The SMILES string of the molecule is CC(C)C(C)(C(=C=O)OC1C2CC3C(=O)OC1C3C2)C(C)(C)C. The minimum absolute atomic E-state index is 0.0626. The Kier molecular flexibility index (Phi) is 3.68. The Morgan fingerprint density at radius 3 is 2.43 bits per heavy atom. The molecule has 3 rings (SSSR count). The number of esters is 1. The quantitative estimate of drug-likeness (QED) is 0.453. The Labute approximate surface area is 138 Å². The molecule has 2 saturated carbocycles. The molecule has 4 heteroatoms. The molecule has 0 amide bonds. The molecule has 0 aromatic carbocycles. The van der Waals surface area contributed by atoms with Gasteiger partial charge in [0.05, 0.1) is 5.92 Å². The number of fused-ring (bicyclic) bond motifs is 1. The molecule has 2 aliphatic carbocycles. The molecular formula is C19H28O4. The van der Waals surface area contributed by atoms with Crippen LogP contribution in [0.1, 0.15) is 54.4 Å². The predicted octanol–water partition coefficient (Wildman–Crippen LogP) is 3.38. The van der Waals surface area contributed by atoms with E-state index in [1.807, 2.05) is 0 Å². The van der Waals surface area contributed by atoms with Crippen molar-refractivity contribution < 1.29 is 19.1 Å². The van der Waals surface area contributed by atoms with E-state index in [4.69, 9.17) is 9.47 Å². The summed E-state index contributed by atoms with van der Waals surface area (Å²) in [5.74, 6) is 3.30. The molecule has 0 aromatic heterocycles. The average Bonchev–Trinajstić information content (AvgIpc) is 3.06. The summed E-state index contributed by atoms with van der Waals surface area (Å²) in [7, 11) is 0. The Balaban J connectivity index is 1.87. The third-order valence-corrected chi connectivity index (χ3v) is 6.94. The summed E-state index contributed by atoms with van der Waals surface area (Å²) < 4.78 is 11.8. The van der Waals surface area contributed by atoms with E-state index in [2.05, 4.69) is 47.5 Å². The highest BCUT2D eigenvalue weighted by Gasteiger charge is 2.63. The summed E-state index contributed by atoms with van der Waals surface area (Å²) in [6, 6.07) is 0. The van der Waals surface area contributed by atoms with E-state index in [1.54, 1.807) is 0 Å². The van der Waals surface area contributed by atoms with Crippen LogP contribution in [0.2, 0.25) is 0 Å². The lowest BCUT2D eigenvalue weighted by atomic mass is 9.60. The first-order valence-corrected chi connectivity index (χ1v) is 8.74. The van der Waals surface area contributed by atoms with Crippen LogP contribution in [-0.4, -0.2) is 24.1 Å². The van der Waals surface area contributed by atoms with Crippen molar-refractivity contribution in [3.05, 3.63) is 5.76 Å². The molecule has 1 aliphatic heterocycles. The van der Waals surface area contributed by atoms with E-state index in [-0.39, 0.29) is 41.3 Å². The minimum atomic E-state index is -0.418. The van der Waals surface area contributed by atoms with Gasteiger partial charge < -0.3 is 9.47 Å². The van der Waals surface area contributed by atoms with E-state index in [0.717, 1.165) is 12.8 Å². The van der Waals surface area contributed by atoms with Crippen molar-refractivity contribution in [2.75, 3.05) is 0 Å². The largest absolute Gasteiger partial charge is 0.479 e. The Morgan fingerprint density at radius 1 is 1.26 bits per heavy atom. The summed E-state index contributed by atoms with van der Waals surface area (Å²) in [5, 5.41) is 0. The zero-order valence-electron chi connectivity index (χ0n) is 15.0. The highest BCUT2D eigenvalue weighted by molar-refractivity contribution is 5.76. The molecular weight excluding hydrogens is 292 g/mol. The molecule has 3 aliphatic rings. The zero-order chi connectivity index (χ0) is 17.2. The standard InChI is InChI=1S/C19H28O4/c1-10(2)19(6,18(3,4)5)14(9-20)22-15-11-7-12-13(8-11)17(21)23-16(12)15/h10-13,15-16H,7-8H2,1-6H3. The molecule has 4 nitrogen and oxygen atoms in total. The molecule has 0 N–H and O–H groups in total. The summed E-state index contributed by atoms with van der Waals surface area (Å²) >= 11 is 0. The van der Waals surface area contributed by atoms with Crippen LogP contribution in [0.25, 0.3) is 0 Å². The smallest absolute Gasteiger partial charge is 0.309 e. The fourth-order valence-corrected chi connectivity index (χ4v) is 4.92. The van der Waals surface area contributed by atoms with E-state index >= 15 is 0 Å². The van der Waals surface area contributed by atoms with Gasteiger partial charge in [-0.15, -0.1) is 0 Å². The number of hydrogen-bond donors (Lipinski definition) is 0. The zero-order valence-corrected chi connectivity index (χ0v) is 15.0. The predicted molar refractivity (Wildman–Crippen MR) is 86.1 cm³/mol. The van der Waals surface area contributed by atoms with Gasteiger partial charge in [-0.1, -0.05) is 41.5 Å². The number of carbonyl (C=O) groups excluding carboxylic acids is 2. The van der Waals surface area contributed by atoms with Gasteiger partial charge in [-0.2, -0.15) is 0 Å². The van der Waals surface area contributed by atoms with E-state index in [0.29, 0.717) is 11.7 Å². The van der Waals surface area contributed by atoms with Crippen molar-refractivity contribution in [2.24, 2.45) is 34.5 Å². The summed E-state index contributed by atoms with van der Waals surface area (Å²) in [6.07, 6.45) is 1.46.